The van der Waals surface area contributed by atoms with Crippen LogP contribution < -0.4 is 10.6 Å². The SMILES string of the molecule is Fc1cc(Cl)ccc1CNc1ccc2c(c1)CNCC2. The highest BCUT2D eigenvalue weighted by atomic mass is 35.5. The smallest absolute Gasteiger partial charge is 0.129 e. The molecular weight excluding hydrogens is 275 g/mol. The highest BCUT2D eigenvalue weighted by Crippen LogP contribution is 2.20. The number of halogens is 2. The predicted molar refractivity (Wildman–Crippen MR) is 80.6 cm³/mol. The molecule has 0 atom stereocenters. The average molecular weight is 291 g/mol. The molecule has 104 valence electrons. The molecule has 0 fully saturated rings. The van der Waals surface area contributed by atoms with E-state index >= 15 is 0 Å². The van der Waals surface area contributed by atoms with Crippen LogP contribution in [0.4, 0.5) is 10.1 Å². The van der Waals surface area contributed by atoms with Gasteiger partial charge in [0.05, 0.1) is 0 Å². The van der Waals surface area contributed by atoms with Gasteiger partial charge in [-0.2, -0.15) is 0 Å². The summed E-state index contributed by atoms with van der Waals surface area (Å²) in [6.07, 6.45) is 1.07. The van der Waals surface area contributed by atoms with Crippen molar-refractivity contribution in [2.75, 3.05) is 11.9 Å². The monoisotopic (exact) mass is 290 g/mol. The first-order valence-electron chi connectivity index (χ1n) is 6.73. The summed E-state index contributed by atoms with van der Waals surface area (Å²) in [4.78, 5) is 0. The lowest BCUT2D eigenvalue weighted by atomic mass is 10.0. The molecule has 0 saturated carbocycles. The number of hydrogen-bond acceptors (Lipinski definition) is 2. The van der Waals surface area contributed by atoms with Gasteiger partial charge in [0.2, 0.25) is 0 Å². The van der Waals surface area contributed by atoms with Gasteiger partial charge in [-0.1, -0.05) is 23.7 Å². The number of fused-ring (bicyclic) bond motifs is 1. The Labute approximate surface area is 123 Å². The average Bonchev–Trinajstić information content (AvgIpc) is 2.46. The molecule has 3 rings (SSSR count). The highest BCUT2D eigenvalue weighted by molar-refractivity contribution is 6.30. The first-order valence-corrected chi connectivity index (χ1v) is 7.10. The number of rotatable bonds is 3. The van der Waals surface area contributed by atoms with Crippen molar-refractivity contribution < 1.29 is 4.39 Å². The molecule has 1 aliphatic rings. The maximum absolute atomic E-state index is 13.7. The lowest BCUT2D eigenvalue weighted by Gasteiger charge is -2.18. The lowest BCUT2D eigenvalue weighted by molar-refractivity contribution is 0.613. The lowest BCUT2D eigenvalue weighted by Crippen LogP contribution is -2.23. The van der Waals surface area contributed by atoms with Crippen LogP contribution in [0.5, 0.6) is 0 Å². The van der Waals surface area contributed by atoms with Gasteiger partial charge in [0.25, 0.3) is 0 Å². The molecule has 2 N–H and O–H groups in total. The van der Waals surface area contributed by atoms with Crippen molar-refractivity contribution in [3.05, 3.63) is 63.9 Å². The Kier molecular flexibility index (Phi) is 3.90. The van der Waals surface area contributed by atoms with Crippen LogP contribution in [-0.2, 0) is 19.5 Å². The Hall–Kier alpha value is -1.58. The molecule has 0 radical (unpaired) electrons. The molecule has 2 nitrogen and oxygen atoms in total. The Morgan fingerprint density at radius 3 is 2.90 bits per heavy atom. The van der Waals surface area contributed by atoms with E-state index in [-0.39, 0.29) is 5.82 Å². The van der Waals surface area contributed by atoms with E-state index in [1.54, 1.807) is 12.1 Å². The standard InChI is InChI=1S/C16H16ClFN2/c17-14-3-1-12(16(18)8-14)10-20-15-4-2-11-5-6-19-9-13(11)7-15/h1-4,7-8,19-20H,5-6,9-10H2. The van der Waals surface area contributed by atoms with Gasteiger partial charge in [-0.05, 0) is 48.4 Å². The van der Waals surface area contributed by atoms with E-state index in [2.05, 4.69) is 28.8 Å². The fourth-order valence-corrected chi connectivity index (χ4v) is 2.61. The zero-order valence-electron chi connectivity index (χ0n) is 11.0. The fourth-order valence-electron chi connectivity index (χ4n) is 2.45. The Morgan fingerprint density at radius 2 is 2.05 bits per heavy atom. The van der Waals surface area contributed by atoms with Crippen LogP contribution in [0.15, 0.2) is 36.4 Å². The topological polar surface area (TPSA) is 24.1 Å². The first kappa shape index (κ1) is 13.4. The summed E-state index contributed by atoms with van der Waals surface area (Å²) in [5.41, 5.74) is 4.34. The van der Waals surface area contributed by atoms with Crippen molar-refractivity contribution in [1.82, 2.24) is 5.32 Å². The maximum Gasteiger partial charge on any atom is 0.129 e. The summed E-state index contributed by atoms with van der Waals surface area (Å²) >= 11 is 5.75. The molecule has 0 amide bonds. The molecular formula is C16H16ClFN2. The van der Waals surface area contributed by atoms with Crippen molar-refractivity contribution in [3.63, 3.8) is 0 Å². The molecule has 2 aromatic rings. The number of anilines is 1. The summed E-state index contributed by atoms with van der Waals surface area (Å²) < 4.78 is 13.7. The van der Waals surface area contributed by atoms with Gasteiger partial charge in [-0.15, -0.1) is 0 Å². The third-order valence-electron chi connectivity index (χ3n) is 3.59. The summed E-state index contributed by atoms with van der Waals surface area (Å²) in [7, 11) is 0. The van der Waals surface area contributed by atoms with E-state index in [4.69, 9.17) is 11.6 Å². The third-order valence-corrected chi connectivity index (χ3v) is 3.83. The van der Waals surface area contributed by atoms with Gasteiger partial charge in [-0.3, -0.25) is 0 Å². The van der Waals surface area contributed by atoms with Crippen LogP contribution in [0, 0.1) is 5.82 Å². The van der Waals surface area contributed by atoms with E-state index in [1.807, 2.05) is 0 Å². The van der Waals surface area contributed by atoms with E-state index in [1.165, 1.54) is 17.2 Å². The molecule has 0 unspecified atom stereocenters. The summed E-state index contributed by atoms with van der Waals surface area (Å²) in [5, 5.41) is 7.04. The van der Waals surface area contributed by atoms with Crippen molar-refractivity contribution in [2.24, 2.45) is 0 Å². The van der Waals surface area contributed by atoms with Crippen LogP contribution >= 0.6 is 11.6 Å². The minimum absolute atomic E-state index is 0.273. The zero-order valence-corrected chi connectivity index (χ0v) is 11.8. The Balaban J connectivity index is 1.72. The van der Waals surface area contributed by atoms with Crippen LogP contribution in [0.3, 0.4) is 0 Å². The van der Waals surface area contributed by atoms with Gasteiger partial charge >= 0.3 is 0 Å². The van der Waals surface area contributed by atoms with Crippen LogP contribution in [0.25, 0.3) is 0 Å². The van der Waals surface area contributed by atoms with E-state index in [0.29, 0.717) is 17.1 Å². The molecule has 2 aromatic carbocycles. The van der Waals surface area contributed by atoms with Crippen molar-refractivity contribution in [2.45, 2.75) is 19.5 Å². The molecule has 0 aliphatic carbocycles. The highest BCUT2D eigenvalue weighted by Gasteiger charge is 2.09. The molecule has 0 saturated heterocycles. The normalized spacial score (nSPS) is 13.9. The van der Waals surface area contributed by atoms with Gasteiger partial charge < -0.3 is 10.6 Å². The van der Waals surface area contributed by atoms with Gasteiger partial charge in [0, 0.05) is 29.4 Å². The number of benzene rings is 2. The van der Waals surface area contributed by atoms with Crippen molar-refractivity contribution in [3.8, 4) is 0 Å². The van der Waals surface area contributed by atoms with E-state index in [0.717, 1.165) is 25.2 Å². The molecule has 1 heterocycles. The number of nitrogens with one attached hydrogen (secondary N) is 2. The Morgan fingerprint density at radius 1 is 1.15 bits per heavy atom. The van der Waals surface area contributed by atoms with Crippen LogP contribution in [0.1, 0.15) is 16.7 Å². The molecule has 0 aromatic heterocycles. The predicted octanol–water partition coefficient (Wildman–Crippen LogP) is 3.74. The first-order chi connectivity index (χ1) is 9.72. The molecule has 20 heavy (non-hydrogen) atoms. The van der Waals surface area contributed by atoms with Crippen LogP contribution in [0.2, 0.25) is 5.02 Å². The summed E-state index contributed by atoms with van der Waals surface area (Å²) in [6.45, 7) is 2.39. The van der Waals surface area contributed by atoms with Gasteiger partial charge in [-0.25, -0.2) is 4.39 Å². The second-order valence-electron chi connectivity index (χ2n) is 5.00. The summed E-state index contributed by atoms with van der Waals surface area (Å²) in [6, 6.07) is 11.1. The summed E-state index contributed by atoms with van der Waals surface area (Å²) in [5.74, 6) is -0.273. The van der Waals surface area contributed by atoms with Gasteiger partial charge in [0.15, 0.2) is 0 Å². The van der Waals surface area contributed by atoms with Crippen molar-refractivity contribution >= 4 is 17.3 Å². The quantitative estimate of drug-likeness (QED) is 0.900. The van der Waals surface area contributed by atoms with E-state index in [9.17, 15) is 4.39 Å². The molecule has 1 aliphatic heterocycles. The fraction of sp³-hybridized carbons (Fsp3) is 0.250. The van der Waals surface area contributed by atoms with Crippen molar-refractivity contribution in [1.29, 1.82) is 0 Å². The molecule has 0 spiro atoms. The zero-order chi connectivity index (χ0) is 13.9. The maximum atomic E-state index is 13.7. The second kappa shape index (κ2) is 5.81. The van der Waals surface area contributed by atoms with E-state index < -0.39 is 0 Å². The van der Waals surface area contributed by atoms with Gasteiger partial charge in [0.1, 0.15) is 5.82 Å². The largest absolute Gasteiger partial charge is 0.381 e. The minimum Gasteiger partial charge on any atom is -0.381 e. The Bertz CT molecular complexity index is 628. The minimum atomic E-state index is -0.273. The molecule has 0 bridgehead atoms. The second-order valence-corrected chi connectivity index (χ2v) is 5.44. The molecule has 4 heteroatoms. The third kappa shape index (κ3) is 2.94. The number of hydrogen-bond donors (Lipinski definition) is 2. The van der Waals surface area contributed by atoms with Crippen LogP contribution in [-0.4, -0.2) is 6.54 Å².